The van der Waals surface area contributed by atoms with Crippen molar-refractivity contribution in [3.63, 3.8) is 0 Å². The third-order valence-electron chi connectivity index (χ3n) is 3.38. The Bertz CT molecular complexity index is 708. The standard InChI is InChI=1S/C19H24O8/c1-4-9-25-17(22)13-8-7-12(16(20)21)14(18(23)26-10-5-2)15(13)19(24)27-11-6-3/h7-8H,4-6,9-11H2,1-3H3,(H,20,21). The summed E-state index contributed by atoms with van der Waals surface area (Å²) in [6, 6.07) is 2.21. The quantitative estimate of drug-likeness (QED) is 0.486. The van der Waals surface area contributed by atoms with E-state index in [0.717, 1.165) is 12.1 Å². The summed E-state index contributed by atoms with van der Waals surface area (Å²) in [4.78, 5) is 48.9. The number of carbonyl (C=O) groups excluding carboxylic acids is 3. The van der Waals surface area contributed by atoms with Crippen LogP contribution >= 0.6 is 0 Å². The number of hydrogen-bond donors (Lipinski definition) is 1. The van der Waals surface area contributed by atoms with Crippen LogP contribution < -0.4 is 0 Å². The van der Waals surface area contributed by atoms with Gasteiger partial charge < -0.3 is 19.3 Å². The van der Waals surface area contributed by atoms with Crippen molar-refractivity contribution in [3.8, 4) is 0 Å². The van der Waals surface area contributed by atoms with Crippen LogP contribution in [0.1, 0.15) is 81.5 Å². The molecule has 0 spiro atoms. The second-order valence-electron chi connectivity index (χ2n) is 5.62. The van der Waals surface area contributed by atoms with Gasteiger partial charge in [0, 0.05) is 0 Å². The first kappa shape index (κ1) is 22.1. The Morgan fingerprint density at radius 2 is 1.07 bits per heavy atom. The van der Waals surface area contributed by atoms with E-state index in [2.05, 4.69) is 0 Å². The first-order valence-corrected chi connectivity index (χ1v) is 8.80. The second-order valence-corrected chi connectivity index (χ2v) is 5.62. The lowest BCUT2D eigenvalue weighted by Crippen LogP contribution is -2.23. The molecule has 1 aromatic carbocycles. The fraction of sp³-hybridized carbons (Fsp3) is 0.474. The highest BCUT2D eigenvalue weighted by Gasteiger charge is 2.32. The molecule has 0 aromatic heterocycles. The van der Waals surface area contributed by atoms with Crippen LogP contribution in [0, 0.1) is 0 Å². The number of carboxylic acid groups (broad SMARTS) is 1. The maximum absolute atomic E-state index is 12.5. The summed E-state index contributed by atoms with van der Waals surface area (Å²) in [5, 5.41) is 9.42. The van der Waals surface area contributed by atoms with Crippen molar-refractivity contribution < 1.29 is 38.5 Å². The Morgan fingerprint density at radius 1 is 0.704 bits per heavy atom. The largest absolute Gasteiger partial charge is 0.478 e. The van der Waals surface area contributed by atoms with E-state index in [4.69, 9.17) is 14.2 Å². The van der Waals surface area contributed by atoms with E-state index in [1.807, 2.05) is 0 Å². The van der Waals surface area contributed by atoms with E-state index < -0.39 is 40.6 Å². The predicted octanol–water partition coefficient (Wildman–Crippen LogP) is 3.09. The zero-order valence-electron chi connectivity index (χ0n) is 15.7. The molecule has 27 heavy (non-hydrogen) atoms. The average molecular weight is 380 g/mol. The van der Waals surface area contributed by atoms with Crippen molar-refractivity contribution in [2.24, 2.45) is 0 Å². The minimum absolute atomic E-state index is 0.0336. The molecular formula is C19H24O8. The van der Waals surface area contributed by atoms with Gasteiger partial charge in [-0.05, 0) is 31.4 Å². The minimum Gasteiger partial charge on any atom is -0.478 e. The molecule has 0 atom stereocenters. The summed E-state index contributed by atoms with van der Waals surface area (Å²) in [5.74, 6) is -4.27. The molecule has 148 valence electrons. The zero-order chi connectivity index (χ0) is 20.4. The maximum Gasteiger partial charge on any atom is 0.339 e. The van der Waals surface area contributed by atoms with E-state index in [1.165, 1.54) is 0 Å². The second kappa shape index (κ2) is 10.9. The Hall–Kier alpha value is -2.90. The van der Waals surface area contributed by atoms with Crippen molar-refractivity contribution in [2.45, 2.75) is 40.0 Å². The molecule has 0 aliphatic carbocycles. The van der Waals surface area contributed by atoms with Crippen molar-refractivity contribution >= 4 is 23.9 Å². The first-order valence-electron chi connectivity index (χ1n) is 8.80. The van der Waals surface area contributed by atoms with Gasteiger partial charge in [0.15, 0.2) is 0 Å². The van der Waals surface area contributed by atoms with Gasteiger partial charge in [0.1, 0.15) is 0 Å². The highest BCUT2D eigenvalue weighted by molar-refractivity contribution is 6.14. The van der Waals surface area contributed by atoms with Gasteiger partial charge in [-0.3, -0.25) is 0 Å². The molecule has 1 aromatic rings. The van der Waals surface area contributed by atoms with Crippen LogP contribution in [0.3, 0.4) is 0 Å². The number of benzene rings is 1. The van der Waals surface area contributed by atoms with E-state index in [0.29, 0.717) is 19.3 Å². The molecule has 0 saturated carbocycles. The number of ether oxygens (including phenoxy) is 3. The third-order valence-corrected chi connectivity index (χ3v) is 3.38. The first-order chi connectivity index (χ1) is 12.9. The highest BCUT2D eigenvalue weighted by atomic mass is 16.5. The Balaban J connectivity index is 3.59. The fourth-order valence-corrected chi connectivity index (χ4v) is 2.18. The number of aromatic carboxylic acids is 1. The monoisotopic (exact) mass is 380 g/mol. The smallest absolute Gasteiger partial charge is 0.339 e. The van der Waals surface area contributed by atoms with Crippen LogP contribution in [0.15, 0.2) is 12.1 Å². The minimum atomic E-state index is -1.43. The van der Waals surface area contributed by atoms with Crippen molar-refractivity contribution in [3.05, 3.63) is 34.4 Å². The molecule has 1 N–H and O–H groups in total. The van der Waals surface area contributed by atoms with Crippen LogP contribution in [-0.4, -0.2) is 48.8 Å². The van der Waals surface area contributed by atoms with Crippen molar-refractivity contribution in [2.75, 3.05) is 19.8 Å². The summed E-state index contributed by atoms with van der Waals surface area (Å²) in [7, 11) is 0. The Kier molecular flexibility index (Phi) is 8.98. The molecule has 8 heteroatoms. The molecule has 0 unspecified atom stereocenters. The van der Waals surface area contributed by atoms with Crippen LogP contribution in [0.4, 0.5) is 0 Å². The van der Waals surface area contributed by atoms with Crippen LogP contribution in [0.2, 0.25) is 0 Å². The molecule has 1 rings (SSSR count). The molecular weight excluding hydrogens is 356 g/mol. The average Bonchev–Trinajstić information content (AvgIpc) is 2.66. The van der Waals surface area contributed by atoms with Gasteiger partial charge in [-0.2, -0.15) is 0 Å². The lowest BCUT2D eigenvalue weighted by atomic mass is 9.95. The molecule has 0 fully saturated rings. The van der Waals surface area contributed by atoms with Crippen LogP contribution in [0.5, 0.6) is 0 Å². The number of hydrogen-bond acceptors (Lipinski definition) is 7. The van der Waals surface area contributed by atoms with Gasteiger partial charge in [0.25, 0.3) is 0 Å². The summed E-state index contributed by atoms with van der Waals surface area (Å²) < 4.78 is 15.1. The van der Waals surface area contributed by atoms with Crippen LogP contribution in [0.25, 0.3) is 0 Å². The van der Waals surface area contributed by atoms with Gasteiger partial charge in [0.05, 0.1) is 42.1 Å². The SMILES string of the molecule is CCCOC(=O)c1ccc(C(=O)O)c(C(=O)OCCC)c1C(=O)OCCC. The molecule has 8 nitrogen and oxygen atoms in total. The van der Waals surface area contributed by atoms with Gasteiger partial charge in [-0.1, -0.05) is 20.8 Å². The van der Waals surface area contributed by atoms with E-state index in [-0.39, 0.29) is 25.4 Å². The Labute approximate surface area is 157 Å². The predicted molar refractivity (Wildman–Crippen MR) is 95.1 cm³/mol. The van der Waals surface area contributed by atoms with E-state index >= 15 is 0 Å². The summed E-state index contributed by atoms with van der Waals surface area (Å²) in [5.41, 5.74) is -1.65. The van der Waals surface area contributed by atoms with Gasteiger partial charge in [0.2, 0.25) is 0 Å². The molecule has 0 saturated heterocycles. The molecule has 0 aliphatic heterocycles. The molecule has 0 aliphatic rings. The topological polar surface area (TPSA) is 116 Å². The lowest BCUT2D eigenvalue weighted by Gasteiger charge is -2.15. The van der Waals surface area contributed by atoms with Crippen molar-refractivity contribution in [1.29, 1.82) is 0 Å². The molecule has 0 radical (unpaired) electrons. The highest BCUT2D eigenvalue weighted by Crippen LogP contribution is 2.24. The van der Waals surface area contributed by atoms with Gasteiger partial charge in [-0.25, -0.2) is 19.2 Å². The normalized spacial score (nSPS) is 10.2. The lowest BCUT2D eigenvalue weighted by molar-refractivity contribution is 0.0433. The maximum atomic E-state index is 12.5. The number of carboxylic acids is 1. The third kappa shape index (κ3) is 5.80. The van der Waals surface area contributed by atoms with Crippen molar-refractivity contribution in [1.82, 2.24) is 0 Å². The molecule has 0 amide bonds. The summed E-state index contributed by atoms with van der Waals surface area (Å²) in [6.07, 6.45) is 1.57. The van der Waals surface area contributed by atoms with E-state index in [9.17, 15) is 24.3 Å². The fourth-order valence-electron chi connectivity index (χ4n) is 2.18. The van der Waals surface area contributed by atoms with Crippen LogP contribution in [-0.2, 0) is 14.2 Å². The van der Waals surface area contributed by atoms with Gasteiger partial charge in [-0.15, -0.1) is 0 Å². The summed E-state index contributed by atoms with van der Waals surface area (Å²) in [6.45, 7) is 5.52. The number of carbonyl (C=O) groups is 4. The zero-order valence-corrected chi connectivity index (χ0v) is 15.7. The van der Waals surface area contributed by atoms with Gasteiger partial charge >= 0.3 is 23.9 Å². The van der Waals surface area contributed by atoms with E-state index in [1.54, 1.807) is 20.8 Å². The number of esters is 3. The molecule has 0 bridgehead atoms. The number of rotatable bonds is 10. The Morgan fingerprint density at radius 3 is 1.48 bits per heavy atom. The molecule has 0 heterocycles. The summed E-state index contributed by atoms with van der Waals surface area (Å²) >= 11 is 0.